The molecule has 7 atom stereocenters. The number of fused-ring (bicyclic) bond motifs is 5. The van der Waals surface area contributed by atoms with Crippen LogP contribution in [0.1, 0.15) is 97.8 Å². The number of rotatable bonds is 4. The Morgan fingerprint density at radius 1 is 1.06 bits per heavy atom. The van der Waals surface area contributed by atoms with Crippen molar-refractivity contribution in [1.29, 1.82) is 0 Å². The molecule has 1 N–H and O–H groups in total. The van der Waals surface area contributed by atoms with Crippen LogP contribution < -0.4 is 5.32 Å². The van der Waals surface area contributed by atoms with Crippen molar-refractivity contribution in [3.63, 3.8) is 0 Å². The SMILES string of the molecule is CC(=NCCC1CCCCN1)C1CCC2C3CCC4=CC(=O)CCC4(C)C3CCC12C. The van der Waals surface area contributed by atoms with Gasteiger partial charge in [0.05, 0.1) is 0 Å². The lowest BCUT2D eigenvalue weighted by Crippen LogP contribution is -2.51. The van der Waals surface area contributed by atoms with E-state index in [0.717, 1.165) is 37.1 Å². The fourth-order valence-corrected chi connectivity index (χ4v) is 8.92. The normalized spacial score (nSPS) is 45.5. The van der Waals surface area contributed by atoms with Gasteiger partial charge in [-0.25, -0.2) is 0 Å². The number of ketones is 1. The first-order chi connectivity index (χ1) is 14.9. The van der Waals surface area contributed by atoms with Crippen LogP contribution in [0, 0.1) is 34.5 Å². The second-order valence-electron chi connectivity index (χ2n) is 12.1. The highest BCUT2D eigenvalue weighted by molar-refractivity contribution is 5.91. The predicted octanol–water partition coefficient (Wildman–Crippen LogP) is 6.13. The fraction of sp³-hybridized carbons (Fsp3) is 0.857. The summed E-state index contributed by atoms with van der Waals surface area (Å²) in [6.45, 7) is 9.67. The average molecular weight is 425 g/mol. The highest BCUT2D eigenvalue weighted by atomic mass is 16.1. The van der Waals surface area contributed by atoms with E-state index >= 15 is 0 Å². The zero-order chi connectivity index (χ0) is 21.6. The number of aliphatic imine (C=N–C) groups is 1. The van der Waals surface area contributed by atoms with Crippen molar-refractivity contribution >= 4 is 11.5 Å². The van der Waals surface area contributed by atoms with Crippen LogP contribution in [0.3, 0.4) is 0 Å². The maximum atomic E-state index is 12.1. The van der Waals surface area contributed by atoms with Gasteiger partial charge in [-0.2, -0.15) is 0 Å². The monoisotopic (exact) mass is 424 g/mol. The molecule has 3 nitrogen and oxygen atoms in total. The van der Waals surface area contributed by atoms with Gasteiger partial charge in [-0.05, 0) is 112 Å². The van der Waals surface area contributed by atoms with E-state index in [1.807, 2.05) is 6.08 Å². The average Bonchev–Trinajstić information content (AvgIpc) is 3.12. The lowest BCUT2D eigenvalue weighted by Gasteiger charge is -2.58. The Balaban J connectivity index is 1.28. The molecular formula is C28H44N2O. The third-order valence-corrected chi connectivity index (χ3v) is 10.7. The number of carbonyl (C=O) groups excluding carboxylic acids is 1. The summed E-state index contributed by atoms with van der Waals surface area (Å²) in [6, 6.07) is 0.695. The smallest absolute Gasteiger partial charge is 0.155 e. The summed E-state index contributed by atoms with van der Waals surface area (Å²) >= 11 is 0. The van der Waals surface area contributed by atoms with Crippen molar-refractivity contribution in [2.24, 2.45) is 39.5 Å². The Morgan fingerprint density at radius 2 is 1.94 bits per heavy atom. The molecule has 5 aliphatic rings. The number of carbonyl (C=O) groups is 1. The van der Waals surface area contributed by atoms with Gasteiger partial charge in [0.15, 0.2) is 5.78 Å². The molecule has 0 bridgehead atoms. The van der Waals surface area contributed by atoms with Gasteiger partial charge in [0.25, 0.3) is 0 Å². The Morgan fingerprint density at radius 3 is 2.74 bits per heavy atom. The van der Waals surface area contributed by atoms with Gasteiger partial charge in [-0.3, -0.25) is 9.79 Å². The molecule has 4 aliphatic carbocycles. The van der Waals surface area contributed by atoms with Gasteiger partial charge in [-0.1, -0.05) is 25.8 Å². The van der Waals surface area contributed by atoms with Crippen LogP contribution in [0.5, 0.6) is 0 Å². The van der Waals surface area contributed by atoms with Crippen LogP contribution in [-0.4, -0.2) is 30.6 Å². The minimum absolute atomic E-state index is 0.298. The van der Waals surface area contributed by atoms with Gasteiger partial charge < -0.3 is 5.32 Å². The van der Waals surface area contributed by atoms with Crippen LogP contribution in [0.15, 0.2) is 16.6 Å². The molecule has 1 heterocycles. The summed E-state index contributed by atoms with van der Waals surface area (Å²) in [6.07, 6.45) is 17.1. The second kappa shape index (κ2) is 8.43. The number of piperidine rings is 1. The second-order valence-corrected chi connectivity index (χ2v) is 12.1. The molecule has 4 fully saturated rings. The summed E-state index contributed by atoms with van der Waals surface area (Å²) in [5.74, 6) is 3.58. The molecule has 1 saturated heterocycles. The van der Waals surface area contributed by atoms with Gasteiger partial charge in [0, 0.05) is 30.6 Å². The van der Waals surface area contributed by atoms with E-state index in [2.05, 4.69) is 26.1 Å². The van der Waals surface area contributed by atoms with E-state index in [1.54, 1.807) is 0 Å². The van der Waals surface area contributed by atoms with Crippen LogP contribution in [0.2, 0.25) is 0 Å². The third-order valence-electron chi connectivity index (χ3n) is 10.7. The molecule has 3 heteroatoms. The van der Waals surface area contributed by atoms with E-state index in [4.69, 9.17) is 4.99 Å². The van der Waals surface area contributed by atoms with E-state index in [9.17, 15) is 4.79 Å². The first kappa shape index (κ1) is 21.9. The molecule has 3 saturated carbocycles. The van der Waals surface area contributed by atoms with Gasteiger partial charge in [-0.15, -0.1) is 0 Å². The van der Waals surface area contributed by atoms with Crippen molar-refractivity contribution in [3.8, 4) is 0 Å². The molecule has 0 spiro atoms. The Kier molecular flexibility index (Phi) is 5.95. The molecule has 0 amide bonds. The third kappa shape index (κ3) is 3.77. The number of nitrogens with zero attached hydrogens (tertiary/aromatic N) is 1. The summed E-state index contributed by atoms with van der Waals surface area (Å²) in [7, 11) is 0. The molecule has 7 unspecified atom stereocenters. The number of hydrogen-bond donors (Lipinski definition) is 1. The molecular weight excluding hydrogens is 380 g/mol. The first-order valence-corrected chi connectivity index (χ1v) is 13.4. The molecule has 0 radical (unpaired) electrons. The Labute approximate surface area is 189 Å². The van der Waals surface area contributed by atoms with E-state index < -0.39 is 0 Å². The molecule has 5 rings (SSSR count). The quantitative estimate of drug-likeness (QED) is 0.552. The molecule has 172 valence electrons. The lowest BCUT2D eigenvalue weighted by molar-refractivity contribution is -0.117. The zero-order valence-electron chi connectivity index (χ0n) is 20.2. The predicted molar refractivity (Wildman–Crippen MR) is 128 cm³/mol. The summed E-state index contributed by atoms with van der Waals surface area (Å²) in [5.41, 5.74) is 3.69. The maximum Gasteiger partial charge on any atom is 0.155 e. The number of allylic oxidation sites excluding steroid dienone is 1. The lowest BCUT2D eigenvalue weighted by atomic mass is 9.46. The van der Waals surface area contributed by atoms with Gasteiger partial charge in [0.2, 0.25) is 0 Å². The molecule has 0 aromatic carbocycles. The van der Waals surface area contributed by atoms with E-state index in [1.165, 1.54) is 82.0 Å². The summed E-state index contributed by atoms with van der Waals surface area (Å²) < 4.78 is 0. The summed E-state index contributed by atoms with van der Waals surface area (Å²) in [4.78, 5) is 17.2. The van der Waals surface area contributed by atoms with Gasteiger partial charge in [0.1, 0.15) is 0 Å². The van der Waals surface area contributed by atoms with Crippen LogP contribution in [-0.2, 0) is 4.79 Å². The minimum atomic E-state index is 0.298. The van der Waals surface area contributed by atoms with E-state index in [-0.39, 0.29) is 0 Å². The van der Waals surface area contributed by atoms with Crippen LogP contribution >= 0.6 is 0 Å². The van der Waals surface area contributed by atoms with Crippen LogP contribution in [0.4, 0.5) is 0 Å². The van der Waals surface area contributed by atoms with E-state index in [0.29, 0.717) is 28.6 Å². The number of hydrogen-bond acceptors (Lipinski definition) is 3. The zero-order valence-corrected chi connectivity index (χ0v) is 20.2. The molecule has 0 aromatic heterocycles. The largest absolute Gasteiger partial charge is 0.314 e. The van der Waals surface area contributed by atoms with Crippen molar-refractivity contribution in [1.82, 2.24) is 5.32 Å². The Bertz CT molecular complexity index is 763. The topological polar surface area (TPSA) is 41.5 Å². The molecule has 0 aromatic rings. The van der Waals surface area contributed by atoms with Crippen molar-refractivity contribution in [2.45, 2.75) is 104 Å². The van der Waals surface area contributed by atoms with Crippen molar-refractivity contribution in [3.05, 3.63) is 11.6 Å². The van der Waals surface area contributed by atoms with Crippen molar-refractivity contribution in [2.75, 3.05) is 13.1 Å². The minimum Gasteiger partial charge on any atom is -0.314 e. The molecule has 31 heavy (non-hydrogen) atoms. The first-order valence-electron chi connectivity index (χ1n) is 13.4. The highest BCUT2D eigenvalue weighted by Crippen LogP contribution is 2.66. The number of nitrogens with one attached hydrogen (secondary N) is 1. The molecule has 1 aliphatic heterocycles. The van der Waals surface area contributed by atoms with Gasteiger partial charge >= 0.3 is 0 Å². The standard InChI is InChI=1S/C28H44N2O/c1-19(29-17-13-21-6-4-5-16-30-21)24-9-10-25-23-8-7-20-18-22(31)11-14-27(20,2)26(23)12-15-28(24,25)3/h18,21,23-26,30H,4-17H2,1-3H3. The highest BCUT2D eigenvalue weighted by Gasteiger charge is 2.59. The summed E-state index contributed by atoms with van der Waals surface area (Å²) in [5, 5.41) is 3.68. The maximum absolute atomic E-state index is 12.1. The Hall–Kier alpha value is -0.960. The fourth-order valence-electron chi connectivity index (χ4n) is 8.92. The van der Waals surface area contributed by atoms with Crippen LogP contribution in [0.25, 0.3) is 0 Å². The van der Waals surface area contributed by atoms with Crippen molar-refractivity contribution < 1.29 is 4.79 Å².